The molecule has 0 radical (unpaired) electrons. The summed E-state index contributed by atoms with van der Waals surface area (Å²) >= 11 is 0. The molecule has 0 bridgehead atoms. The summed E-state index contributed by atoms with van der Waals surface area (Å²) in [6, 6.07) is 23.2. The monoisotopic (exact) mass is 399 g/mol. The standard InChI is InChI=1S/C27H30N2O/c1-3-21-10-7-11-22(4-2)26(21)28-27(30)24-14-12-20(13-15-24)18-29-17-16-23-8-5-6-9-25(23)19-29/h5-15H,3-4,16-19H2,1-2H3,(H,28,30)/p+1. The fraction of sp³-hybridized carbons (Fsp3) is 0.296. The first kappa shape index (κ1) is 20.4. The van der Waals surface area contributed by atoms with Gasteiger partial charge in [0.2, 0.25) is 0 Å². The Morgan fingerprint density at radius 1 is 0.867 bits per heavy atom. The van der Waals surface area contributed by atoms with Crippen molar-refractivity contribution in [3.63, 3.8) is 0 Å². The highest BCUT2D eigenvalue weighted by Crippen LogP contribution is 2.23. The van der Waals surface area contributed by atoms with Crippen LogP contribution in [0.4, 0.5) is 5.69 Å². The van der Waals surface area contributed by atoms with Crippen molar-refractivity contribution in [3.05, 3.63) is 100 Å². The molecule has 1 aliphatic rings. The second-order valence-corrected chi connectivity index (χ2v) is 8.18. The molecule has 1 atom stereocenters. The zero-order valence-electron chi connectivity index (χ0n) is 18.0. The maximum absolute atomic E-state index is 12.9. The van der Waals surface area contributed by atoms with Gasteiger partial charge in [0.25, 0.3) is 5.91 Å². The third kappa shape index (κ3) is 4.47. The molecule has 0 saturated carbocycles. The van der Waals surface area contributed by atoms with Crippen molar-refractivity contribution in [2.24, 2.45) is 0 Å². The minimum absolute atomic E-state index is 0.0311. The van der Waals surface area contributed by atoms with Gasteiger partial charge in [0, 0.05) is 28.8 Å². The molecular formula is C27H31N2O+. The van der Waals surface area contributed by atoms with Crippen LogP contribution in [0.3, 0.4) is 0 Å². The summed E-state index contributed by atoms with van der Waals surface area (Å²) in [6.45, 7) is 7.48. The van der Waals surface area contributed by atoms with E-state index in [2.05, 4.69) is 73.8 Å². The van der Waals surface area contributed by atoms with Crippen LogP contribution in [0.25, 0.3) is 0 Å². The Balaban J connectivity index is 1.42. The second-order valence-electron chi connectivity index (χ2n) is 8.18. The number of para-hydroxylation sites is 1. The zero-order chi connectivity index (χ0) is 20.9. The Bertz CT molecular complexity index is 1000. The summed E-state index contributed by atoms with van der Waals surface area (Å²) in [4.78, 5) is 14.5. The molecule has 0 fully saturated rings. The van der Waals surface area contributed by atoms with Crippen LogP contribution in [0.1, 0.15) is 52.0 Å². The lowest BCUT2D eigenvalue weighted by molar-refractivity contribution is -0.929. The SMILES string of the molecule is CCc1cccc(CC)c1NC(=O)c1ccc(C[NH+]2CCc3ccccc3C2)cc1. The van der Waals surface area contributed by atoms with Gasteiger partial charge < -0.3 is 10.2 Å². The molecule has 3 aromatic carbocycles. The molecule has 1 aliphatic heterocycles. The minimum atomic E-state index is -0.0311. The smallest absolute Gasteiger partial charge is 0.255 e. The Morgan fingerprint density at radius 2 is 1.53 bits per heavy atom. The van der Waals surface area contributed by atoms with Gasteiger partial charge in [0.15, 0.2) is 0 Å². The van der Waals surface area contributed by atoms with E-state index in [1.165, 1.54) is 27.8 Å². The van der Waals surface area contributed by atoms with E-state index < -0.39 is 0 Å². The second kappa shape index (κ2) is 9.27. The van der Waals surface area contributed by atoms with E-state index in [0.717, 1.165) is 44.6 Å². The average molecular weight is 400 g/mol. The van der Waals surface area contributed by atoms with Gasteiger partial charge in [-0.15, -0.1) is 0 Å². The predicted molar refractivity (Wildman–Crippen MR) is 123 cm³/mol. The number of hydrogen-bond acceptors (Lipinski definition) is 1. The van der Waals surface area contributed by atoms with Crippen molar-refractivity contribution < 1.29 is 9.69 Å². The Morgan fingerprint density at radius 3 is 2.20 bits per heavy atom. The Labute approximate surface area is 179 Å². The van der Waals surface area contributed by atoms with E-state index in [1.807, 2.05) is 12.1 Å². The molecule has 3 heteroatoms. The quantitative estimate of drug-likeness (QED) is 0.640. The number of quaternary nitrogens is 1. The van der Waals surface area contributed by atoms with Gasteiger partial charge in [-0.3, -0.25) is 4.79 Å². The van der Waals surface area contributed by atoms with Gasteiger partial charge in [-0.2, -0.15) is 0 Å². The van der Waals surface area contributed by atoms with Crippen molar-refractivity contribution >= 4 is 11.6 Å². The largest absolute Gasteiger partial charge is 0.327 e. The molecule has 3 aromatic rings. The molecule has 30 heavy (non-hydrogen) atoms. The highest BCUT2D eigenvalue weighted by Gasteiger charge is 2.19. The first-order valence-electron chi connectivity index (χ1n) is 11.1. The molecule has 1 amide bonds. The van der Waals surface area contributed by atoms with E-state index in [-0.39, 0.29) is 5.91 Å². The maximum Gasteiger partial charge on any atom is 0.255 e. The van der Waals surface area contributed by atoms with Crippen LogP contribution in [0.5, 0.6) is 0 Å². The van der Waals surface area contributed by atoms with Crippen molar-refractivity contribution in [3.8, 4) is 0 Å². The lowest BCUT2D eigenvalue weighted by Crippen LogP contribution is -3.10. The number of fused-ring (bicyclic) bond motifs is 1. The topological polar surface area (TPSA) is 33.5 Å². The number of hydrogen-bond donors (Lipinski definition) is 2. The first-order chi connectivity index (χ1) is 14.7. The number of anilines is 1. The van der Waals surface area contributed by atoms with Crippen molar-refractivity contribution in [1.29, 1.82) is 0 Å². The molecule has 0 aliphatic carbocycles. The fourth-order valence-electron chi connectivity index (χ4n) is 4.45. The summed E-state index contributed by atoms with van der Waals surface area (Å²) in [7, 11) is 0. The number of aryl methyl sites for hydroxylation is 2. The third-order valence-corrected chi connectivity index (χ3v) is 6.21. The molecule has 154 valence electrons. The minimum Gasteiger partial charge on any atom is -0.327 e. The Hall–Kier alpha value is -2.91. The van der Waals surface area contributed by atoms with Crippen LogP contribution in [-0.4, -0.2) is 12.5 Å². The predicted octanol–water partition coefficient (Wildman–Crippen LogP) is 4.20. The van der Waals surface area contributed by atoms with Gasteiger partial charge in [0.05, 0.1) is 6.54 Å². The number of rotatable bonds is 6. The van der Waals surface area contributed by atoms with Gasteiger partial charge in [-0.1, -0.05) is 68.4 Å². The summed E-state index contributed by atoms with van der Waals surface area (Å²) < 4.78 is 0. The molecular weight excluding hydrogens is 368 g/mol. The van der Waals surface area contributed by atoms with E-state index in [9.17, 15) is 4.79 Å². The van der Waals surface area contributed by atoms with Crippen molar-refractivity contribution in [2.45, 2.75) is 46.2 Å². The molecule has 2 N–H and O–H groups in total. The fourth-order valence-corrected chi connectivity index (χ4v) is 4.45. The van der Waals surface area contributed by atoms with Crippen molar-refractivity contribution in [1.82, 2.24) is 0 Å². The molecule has 0 aromatic heterocycles. The van der Waals surface area contributed by atoms with Gasteiger partial charge in [-0.05, 0) is 41.7 Å². The summed E-state index contributed by atoms with van der Waals surface area (Å²) in [5.41, 5.74) is 8.31. The Kier molecular flexibility index (Phi) is 6.29. The van der Waals surface area contributed by atoms with E-state index in [1.54, 1.807) is 4.90 Å². The third-order valence-electron chi connectivity index (χ3n) is 6.21. The lowest BCUT2D eigenvalue weighted by Gasteiger charge is -2.26. The van der Waals surface area contributed by atoms with Crippen LogP contribution >= 0.6 is 0 Å². The van der Waals surface area contributed by atoms with Crippen LogP contribution in [0.15, 0.2) is 66.7 Å². The van der Waals surface area contributed by atoms with E-state index >= 15 is 0 Å². The lowest BCUT2D eigenvalue weighted by atomic mass is 9.99. The summed E-state index contributed by atoms with van der Waals surface area (Å²) in [5, 5.41) is 3.16. The molecule has 0 spiro atoms. The van der Waals surface area contributed by atoms with Crippen LogP contribution in [0, 0.1) is 0 Å². The molecule has 4 rings (SSSR count). The van der Waals surface area contributed by atoms with E-state index in [0.29, 0.717) is 5.56 Å². The summed E-state index contributed by atoms with van der Waals surface area (Å²) in [6.07, 6.45) is 2.96. The molecule has 1 unspecified atom stereocenters. The molecule has 0 saturated heterocycles. The number of amides is 1. The molecule has 1 heterocycles. The normalized spacial score (nSPS) is 15.5. The number of benzene rings is 3. The summed E-state index contributed by atoms with van der Waals surface area (Å²) in [5.74, 6) is -0.0311. The number of carbonyl (C=O) groups is 1. The maximum atomic E-state index is 12.9. The number of nitrogens with one attached hydrogen (secondary N) is 2. The zero-order valence-corrected chi connectivity index (χ0v) is 18.0. The van der Waals surface area contributed by atoms with Crippen LogP contribution < -0.4 is 10.2 Å². The van der Waals surface area contributed by atoms with Gasteiger partial charge in [-0.25, -0.2) is 0 Å². The highest BCUT2D eigenvalue weighted by molar-refractivity contribution is 6.05. The van der Waals surface area contributed by atoms with Gasteiger partial charge in [0.1, 0.15) is 13.1 Å². The van der Waals surface area contributed by atoms with Crippen LogP contribution in [0.2, 0.25) is 0 Å². The van der Waals surface area contributed by atoms with Gasteiger partial charge >= 0.3 is 0 Å². The number of carbonyl (C=O) groups excluding carboxylic acids is 1. The molecule has 3 nitrogen and oxygen atoms in total. The highest BCUT2D eigenvalue weighted by atomic mass is 16.1. The van der Waals surface area contributed by atoms with Crippen molar-refractivity contribution in [2.75, 3.05) is 11.9 Å². The van der Waals surface area contributed by atoms with E-state index in [4.69, 9.17) is 0 Å². The average Bonchev–Trinajstić information content (AvgIpc) is 2.79. The van der Waals surface area contributed by atoms with Crippen LogP contribution in [-0.2, 0) is 32.4 Å². The first-order valence-corrected chi connectivity index (χ1v) is 11.1.